The van der Waals surface area contributed by atoms with E-state index in [1.165, 1.54) is 11.8 Å². The topological polar surface area (TPSA) is 59.8 Å². The fourth-order valence-corrected chi connectivity index (χ4v) is 2.94. The summed E-state index contributed by atoms with van der Waals surface area (Å²) < 4.78 is 1.68. The van der Waals surface area contributed by atoms with Gasteiger partial charge in [0, 0.05) is 10.7 Å². The molecular weight excluding hydrogens is 344 g/mol. The van der Waals surface area contributed by atoms with Crippen LogP contribution in [-0.2, 0) is 4.79 Å². The quantitative estimate of drug-likeness (QED) is 0.699. The summed E-state index contributed by atoms with van der Waals surface area (Å²) >= 11 is 7.22. The summed E-state index contributed by atoms with van der Waals surface area (Å²) in [6.07, 6.45) is 1.64. The highest BCUT2D eigenvalue weighted by Gasteiger charge is 2.17. The third-order valence-electron chi connectivity index (χ3n) is 3.24. The molecule has 24 heavy (non-hydrogen) atoms. The van der Waals surface area contributed by atoms with Gasteiger partial charge in [-0.15, -0.1) is 5.10 Å². The normalized spacial score (nSPS) is 11.9. The predicted octanol–water partition coefficient (Wildman–Crippen LogP) is 4.04. The molecule has 0 fully saturated rings. The van der Waals surface area contributed by atoms with Crippen molar-refractivity contribution in [1.82, 2.24) is 14.8 Å². The Labute approximate surface area is 149 Å². The number of aromatic nitrogens is 3. The van der Waals surface area contributed by atoms with Crippen molar-refractivity contribution in [2.45, 2.75) is 17.3 Å². The van der Waals surface area contributed by atoms with Crippen molar-refractivity contribution in [2.75, 3.05) is 5.32 Å². The molecule has 5 nitrogen and oxygen atoms in total. The monoisotopic (exact) mass is 358 g/mol. The van der Waals surface area contributed by atoms with Crippen LogP contribution in [-0.4, -0.2) is 25.9 Å². The number of nitrogens with zero attached hydrogens (tertiary/aromatic N) is 3. The summed E-state index contributed by atoms with van der Waals surface area (Å²) in [4.78, 5) is 16.5. The highest BCUT2D eigenvalue weighted by molar-refractivity contribution is 8.00. The van der Waals surface area contributed by atoms with Gasteiger partial charge in [0.25, 0.3) is 0 Å². The van der Waals surface area contributed by atoms with Crippen molar-refractivity contribution in [1.29, 1.82) is 0 Å². The van der Waals surface area contributed by atoms with Crippen LogP contribution in [0.2, 0.25) is 5.02 Å². The Balaban J connectivity index is 1.63. The zero-order valence-corrected chi connectivity index (χ0v) is 14.5. The van der Waals surface area contributed by atoms with Gasteiger partial charge in [-0.1, -0.05) is 47.6 Å². The lowest BCUT2D eigenvalue weighted by atomic mass is 10.3. The first kappa shape index (κ1) is 16.5. The van der Waals surface area contributed by atoms with Gasteiger partial charge in [-0.2, -0.15) is 0 Å². The number of amides is 1. The zero-order valence-electron chi connectivity index (χ0n) is 12.9. The maximum atomic E-state index is 12.3. The summed E-state index contributed by atoms with van der Waals surface area (Å²) in [5, 5.41) is 8.02. The van der Waals surface area contributed by atoms with E-state index in [1.54, 1.807) is 35.3 Å². The SMILES string of the molecule is CC(Sc1ncn(-c2ccccc2)n1)C(=O)Nc1cccc(Cl)c1. The average Bonchev–Trinajstić information content (AvgIpc) is 3.04. The van der Waals surface area contributed by atoms with E-state index in [4.69, 9.17) is 11.6 Å². The molecule has 1 aromatic heterocycles. The van der Waals surface area contributed by atoms with E-state index in [0.717, 1.165) is 5.69 Å². The molecule has 0 aliphatic rings. The Morgan fingerprint density at radius 3 is 2.75 bits per heavy atom. The molecule has 0 aliphatic carbocycles. The lowest BCUT2D eigenvalue weighted by Gasteiger charge is -2.10. The van der Waals surface area contributed by atoms with Crippen LogP contribution in [0.4, 0.5) is 5.69 Å². The summed E-state index contributed by atoms with van der Waals surface area (Å²) in [7, 11) is 0. The minimum absolute atomic E-state index is 0.127. The van der Waals surface area contributed by atoms with Gasteiger partial charge < -0.3 is 5.32 Å². The molecule has 1 atom stereocenters. The van der Waals surface area contributed by atoms with E-state index in [-0.39, 0.29) is 11.2 Å². The predicted molar refractivity (Wildman–Crippen MR) is 96.8 cm³/mol. The standard InChI is InChI=1S/C17H15ClN4OS/c1-12(16(23)20-14-7-5-6-13(18)10-14)24-17-19-11-22(21-17)15-8-3-2-4-9-15/h2-12H,1H3,(H,20,23). The first-order valence-corrected chi connectivity index (χ1v) is 8.58. The highest BCUT2D eigenvalue weighted by Crippen LogP contribution is 2.22. The van der Waals surface area contributed by atoms with Crippen LogP contribution >= 0.6 is 23.4 Å². The van der Waals surface area contributed by atoms with Crippen LogP contribution < -0.4 is 5.32 Å². The molecule has 0 saturated carbocycles. The summed E-state index contributed by atoms with van der Waals surface area (Å²) in [5.74, 6) is -0.127. The van der Waals surface area contributed by atoms with Gasteiger partial charge in [-0.05, 0) is 37.3 Å². The summed E-state index contributed by atoms with van der Waals surface area (Å²) in [5.41, 5.74) is 1.59. The largest absolute Gasteiger partial charge is 0.325 e. The van der Waals surface area contributed by atoms with Crippen LogP contribution in [0.3, 0.4) is 0 Å². The first-order valence-electron chi connectivity index (χ1n) is 7.32. The van der Waals surface area contributed by atoms with Gasteiger partial charge >= 0.3 is 0 Å². The maximum Gasteiger partial charge on any atom is 0.237 e. The second-order valence-corrected chi connectivity index (χ2v) is 6.81. The molecule has 1 amide bonds. The molecule has 0 aliphatic heterocycles. The molecule has 0 saturated heterocycles. The molecule has 3 aromatic rings. The number of para-hydroxylation sites is 1. The molecule has 0 radical (unpaired) electrons. The van der Waals surface area contributed by atoms with Crippen molar-refractivity contribution >= 4 is 35.0 Å². The lowest BCUT2D eigenvalue weighted by Crippen LogP contribution is -2.22. The van der Waals surface area contributed by atoms with Crippen molar-refractivity contribution in [3.63, 3.8) is 0 Å². The second kappa shape index (κ2) is 7.51. The number of halogens is 1. The molecule has 1 unspecified atom stereocenters. The van der Waals surface area contributed by atoms with Crippen LogP contribution in [0.1, 0.15) is 6.92 Å². The summed E-state index contributed by atoms with van der Waals surface area (Å²) in [6, 6.07) is 16.8. The van der Waals surface area contributed by atoms with E-state index in [9.17, 15) is 4.79 Å². The second-order valence-electron chi connectivity index (χ2n) is 5.07. The van der Waals surface area contributed by atoms with Crippen molar-refractivity contribution in [2.24, 2.45) is 0 Å². The number of carbonyl (C=O) groups is 1. The Kier molecular flexibility index (Phi) is 5.17. The molecule has 0 bridgehead atoms. The molecule has 1 N–H and O–H groups in total. The molecule has 3 rings (SSSR count). The third kappa shape index (κ3) is 4.15. The minimum Gasteiger partial charge on any atom is -0.325 e. The van der Waals surface area contributed by atoms with Crippen LogP contribution in [0.5, 0.6) is 0 Å². The molecular formula is C17H15ClN4OS. The number of rotatable bonds is 5. The smallest absolute Gasteiger partial charge is 0.237 e. The van der Waals surface area contributed by atoms with E-state index in [1.807, 2.05) is 37.3 Å². The van der Waals surface area contributed by atoms with E-state index >= 15 is 0 Å². The third-order valence-corrected chi connectivity index (χ3v) is 4.44. The number of hydrogen-bond acceptors (Lipinski definition) is 4. The first-order chi connectivity index (χ1) is 11.6. The zero-order chi connectivity index (χ0) is 16.9. The maximum absolute atomic E-state index is 12.3. The number of carbonyl (C=O) groups excluding carboxylic acids is 1. The van der Waals surface area contributed by atoms with Crippen LogP contribution in [0, 0.1) is 0 Å². The fourth-order valence-electron chi connectivity index (χ4n) is 2.03. The van der Waals surface area contributed by atoms with Crippen molar-refractivity contribution < 1.29 is 4.79 Å². The van der Waals surface area contributed by atoms with Gasteiger partial charge in [-0.3, -0.25) is 4.79 Å². The van der Waals surface area contributed by atoms with Gasteiger partial charge in [0.05, 0.1) is 10.9 Å². The van der Waals surface area contributed by atoms with Gasteiger partial charge in [-0.25, -0.2) is 9.67 Å². The van der Waals surface area contributed by atoms with Crippen LogP contribution in [0.15, 0.2) is 66.1 Å². The Morgan fingerprint density at radius 1 is 1.21 bits per heavy atom. The Bertz CT molecular complexity index is 837. The average molecular weight is 359 g/mol. The van der Waals surface area contributed by atoms with Crippen molar-refractivity contribution in [3.8, 4) is 5.69 Å². The number of thioether (sulfide) groups is 1. The molecule has 0 spiro atoms. The molecule has 1 heterocycles. The summed E-state index contributed by atoms with van der Waals surface area (Å²) in [6.45, 7) is 1.81. The lowest BCUT2D eigenvalue weighted by molar-refractivity contribution is -0.115. The number of nitrogens with one attached hydrogen (secondary N) is 1. The van der Waals surface area contributed by atoms with Gasteiger partial charge in [0.2, 0.25) is 11.1 Å². The van der Waals surface area contributed by atoms with Crippen LogP contribution in [0.25, 0.3) is 5.69 Å². The number of anilines is 1. The van der Waals surface area contributed by atoms with Gasteiger partial charge in [0.15, 0.2) is 0 Å². The van der Waals surface area contributed by atoms with E-state index in [0.29, 0.717) is 15.9 Å². The van der Waals surface area contributed by atoms with E-state index < -0.39 is 0 Å². The number of benzene rings is 2. The fraction of sp³-hybridized carbons (Fsp3) is 0.118. The Morgan fingerprint density at radius 2 is 2.00 bits per heavy atom. The minimum atomic E-state index is -0.337. The highest BCUT2D eigenvalue weighted by atomic mass is 35.5. The Hall–Kier alpha value is -2.31. The van der Waals surface area contributed by atoms with E-state index in [2.05, 4.69) is 15.4 Å². The van der Waals surface area contributed by atoms with Gasteiger partial charge in [0.1, 0.15) is 6.33 Å². The van der Waals surface area contributed by atoms with Crippen molar-refractivity contribution in [3.05, 3.63) is 65.9 Å². The number of hydrogen-bond donors (Lipinski definition) is 1. The molecule has 7 heteroatoms. The molecule has 122 valence electrons. The molecule has 2 aromatic carbocycles.